The SMILES string of the molecule is CCOC1CC(Nc2nn(C)cc2[N+](=O)[O-])C1(C)C. The summed E-state index contributed by atoms with van der Waals surface area (Å²) in [5, 5.41) is 18.2. The van der Waals surface area contributed by atoms with Crippen LogP contribution in [-0.4, -0.2) is 33.5 Å². The van der Waals surface area contributed by atoms with Gasteiger partial charge in [-0.05, 0) is 13.3 Å². The van der Waals surface area contributed by atoms with E-state index in [1.54, 1.807) is 7.05 Å². The van der Waals surface area contributed by atoms with E-state index in [1.807, 2.05) is 6.92 Å². The van der Waals surface area contributed by atoms with E-state index >= 15 is 0 Å². The van der Waals surface area contributed by atoms with Gasteiger partial charge in [-0.1, -0.05) is 13.8 Å². The number of rotatable bonds is 5. The zero-order valence-corrected chi connectivity index (χ0v) is 11.7. The van der Waals surface area contributed by atoms with Crippen LogP contribution < -0.4 is 5.32 Å². The van der Waals surface area contributed by atoms with Gasteiger partial charge in [-0.25, -0.2) is 0 Å². The van der Waals surface area contributed by atoms with Gasteiger partial charge >= 0.3 is 5.69 Å². The van der Waals surface area contributed by atoms with E-state index in [9.17, 15) is 10.1 Å². The topological polar surface area (TPSA) is 82.2 Å². The highest BCUT2D eigenvalue weighted by atomic mass is 16.6. The fraction of sp³-hybridized carbons (Fsp3) is 0.750. The summed E-state index contributed by atoms with van der Waals surface area (Å²) in [5.74, 6) is 0.334. The minimum absolute atomic E-state index is 0.0122. The second-order valence-electron chi connectivity index (χ2n) is 5.49. The molecule has 1 aliphatic rings. The number of nitrogens with zero attached hydrogens (tertiary/aromatic N) is 3. The molecule has 1 aromatic heterocycles. The maximum Gasteiger partial charge on any atom is 0.330 e. The number of ether oxygens (including phenoxy) is 1. The molecular weight excluding hydrogens is 248 g/mol. The molecule has 1 aromatic rings. The van der Waals surface area contributed by atoms with Crippen molar-refractivity contribution in [3.8, 4) is 0 Å². The molecule has 0 spiro atoms. The standard InChI is InChI=1S/C12H20N4O3/c1-5-19-10-6-9(12(10,2)3)13-11-8(16(17)18)7-15(4)14-11/h7,9-10H,5-6H2,1-4H3,(H,13,14). The minimum atomic E-state index is -0.416. The third kappa shape index (κ3) is 2.42. The molecule has 1 saturated carbocycles. The van der Waals surface area contributed by atoms with Crippen LogP contribution in [0, 0.1) is 15.5 Å². The van der Waals surface area contributed by atoms with Crippen LogP contribution in [0.25, 0.3) is 0 Å². The number of anilines is 1. The molecule has 1 aliphatic carbocycles. The normalized spacial score (nSPS) is 24.8. The third-order valence-electron chi connectivity index (χ3n) is 3.86. The van der Waals surface area contributed by atoms with Gasteiger partial charge in [-0.3, -0.25) is 14.8 Å². The fourth-order valence-electron chi connectivity index (χ4n) is 2.49. The Morgan fingerprint density at radius 1 is 1.68 bits per heavy atom. The monoisotopic (exact) mass is 268 g/mol. The lowest BCUT2D eigenvalue weighted by atomic mass is 9.64. The Morgan fingerprint density at radius 3 is 2.89 bits per heavy atom. The molecule has 1 fully saturated rings. The molecule has 0 bridgehead atoms. The molecule has 0 saturated heterocycles. The molecule has 7 heteroatoms. The summed E-state index contributed by atoms with van der Waals surface area (Å²) < 4.78 is 7.09. The number of aryl methyl sites for hydroxylation is 1. The lowest BCUT2D eigenvalue weighted by Crippen LogP contribution is -2.58. The van der Waals surface area contributed by atoms with Crippen LogP contribution in [0.15, 0.2) is 6.20 Å². The molecule has 2 rings (SSSR count). The Kier molecular flexibility index (Phi) is 3.49. The Labute approximate surface area is 112 Å². The van der Waals surface area contributed by atoms with Crippen molar-refractivity contribution in [2.75, 3.05) is 11.9 Å². The van der Waals surface area contributed by atoms with E-state index in [4.69, 9.17) is 4.74 Å². The Morgan fingerprint density at radius 2 is 2.37 bits per heavy atom. The molecule has 0 radical (unpaired) electrons. The summed E-state index contributed by atoms with van der Waals surface area (Å²) in [6.45, 7) is 6.86. The Hall–Kier alpha value is -1.63. The Bertz CT molecular complexity index is 483. The third-order valence-corrected chi connectivity index (χ3v) is 3.86. The first-order chi connectivity index (χ1) is 8.86. The molecular formula is C12H20N4O3. The van der Waals surface area contributed by atoms with Crippen LogP contribution in [0.1, 0.15) is 27.2 Å². The summed E-state index contributed by atoms with van der Waals surface area (Å²) in [4.78, 5) is 10.5. The van der Waals surface area contributed by atoms with E-state index in [-0.39, 0.29) is 23.2 Å². The molecule has 1 heterocycles. The van der Waals surface area contributed by atoms with Crippen LogP contribution in [0.4, 0.5) is 11.5 Å². The summed E-state index contributed by atoms with van der Waals surface area (Å²) in [6.07, 6.45) is 2.44. The van der Waals surface area contributed by atoms with E-state index in [1.165, 1.54) is 10.9 Å². The van der Waals surface area contributed by atoms with Crippen molar-refractivity contribution >= 4 is 11.5 Å². The van der Waals surface area contributed by atoms with E-state index in [0.717, 1.165) is 6.42 Å². The average molecular weight is 268 g/mol. The molecule has 7 nitrogen and oxygen atoms in total. The van der Waals surface area contributed by atoms with Crippen molar-refractivity contribution < 1.29 is 9.66 Å². The predicted molar refractivity (Wildman–Crippen MR) is 71.1 cm³/mol. The number of nitrogens with one attached hydrogen (secondary N) is 1. The van der Waals surface area contributed by atoms with Crippen molar-refractivity contribution in [3.05, 3.63) is 16.3 Å². The van der Waals surface area contributed by atoms with Crippen molar-refractivity contribution in [2.24, 2.45) is 12.5 Å². The molecule has 0 amide bonds. The number of nitro groups is 1. The summed E-state index contributed by atoms with van der Waals surface area (Å²) in [6, 6.07) is 0.137. The van der Waals surface area contributed by atoms with Crippen LogP contribution in [0.3, 0.4) is 0 Å². The van der Waals surface area contributed by atoms with Crippen molar-refractivity contribution in [1.82, 2.24) is 9.78 Å². The lowest BCUT2D eigenvalue weighted by Gasteiger charge is -2.51. The number of hydrogen-bond donors (Lipinski definition) is 1. The maximum atomic E-state index is 10.9. The smallest absolute Gasteiger partial charge is 0.330 e. The highest BCUT2D eigenvalue weighted by Gasteiger charge is 2.49. The van der Waals surface area contributed by atoms with Gasteiger partial charge in [0.2, 0.25) is 5.82 Å². The van der Waals surface area contributed by atoms with Crippen molar-refractivity contribution in [3.63, 3.8) is 0 Å². The van der Waals surface area contributed by atoms with Gasteiger partial charge < -0.3 is 10.1 Å². The van der Waals surface area contributed by atoms with Crippen LogP contribution in [0.2, 0.25) is 0 Å². The van der Waals surface area contributed by atoms with E-state index in [0.29, 0.717) is 12.4 Å². The zero-order chi connectivity index (χ0) is 14.2. The highest BCUT2D eigenvalue weighted by molar-refractivity contribution is 5.55. The van der Waals surface area contributed by atoms with Gasteiger partial charge in [0.1, 0.15) is 6.20 Å². The molecule has 2 unspecified atom stereocenters. The first kappa shape index (κ1) is 13.8. The molecule has 19 heavy (non-hydrogen) atoms. The van der Waals surface area contributed by atoms with Crippen LogP contribution >= 0.6 is 0 Å². The van der Waals surface area contributed by atoms with Gasteiger partial charge in [-0.15, -0.1) is 5.10 Å². The lowest BCUT2D eigenvalue weighted by molar-refractivity contribution is -0.384. The van der Waals surface area contributed by atoms with Crippen molar-refractivity contribution in [1.29, 1.82) is 0 Å². The van der Waals surface area contributed by atoms with Gasteiger partial charge in [0, 0.05) is 25.1 Å². The van der Waals surface area contributed by atoms with E-state index < -0.39 is 4.92 Å². The second kappa shape index (κ2) is 4.80. The molecule has 0 aliphatic heterocycles. The molecule has 1 N–H and O–H groups in total. The quantitative estimate of drug-likeness (QED) is 0.652. The maximum absolute atomic E-state index is 10.9. The van der Waals surface area contributed by atoms with Gasteiger partial charge in [0.25, 0.3) is 0 Å². The van der Waals surface area contributed by atoms with Crippen molar-refractivity contribution in [2.45, 2.75) is 39.3 Å². The van der Waals surface area contributed by atoms with Crippen LogP contribution in [0.5, 0.6) is 0 Å². The second-order valence-corrected chi connectivity index (χ2v) is 5.49. The minimum Gasteiger partial charge on any atom is -0.378 e. The summed E-state index contributed by atoms with van der Waals surface area (Å²) in [7, 11) is 1.67. The molecule has 2 atom stereocenters. The van der Waals surface area contributed by atoms with Gasteiger partial charge in [0.05, 0.1) is 11.0 Å². The van der Waals surface area contributed by atoms with Gasteiger partial charge in [0.15, 0.2) is 0 Å². The number of hydrogen-bond acceptors (Lipinski definition) is 5. The number of aromatic nitrogens is 2. The first-order valence-electron chi connectivity index (χ1n) is 6.42. The largest absolute Gasteiger partial charge is 0.378 e. The summed E-state index contributed by atoms with van der Waals surface area (Å²) in [5.41, 5.74) is -0.0420. The highest BCUT2D eigenvalue weighted by Crippen LogP contribution is 2.44. The Balaban J connectivity index is 2.09. The first-order valence-corrected chi connectivity index (χ1v) is 6.42. The summed E-state index contributed by atoms with van der Waals surface area (Å²) >= 11 is 0. The fourth-order valence-corrected chi connectivity index (χ4v) is 2.49. The predicted octanol–water partition coefficient (Wildman–Crippen LogP) is 1.94. The molecule has 0 aromatic carbocycles. The van der Waals surface area contributed by atoms with Crippen LogP contribution in [-0.2, 0) is 11.8 Å². The zero-order valence-electron chi connectivity index (χ0n) is 11.7. The average Bonchev–Trinajstić information content (AvgIpc) is 2.69. The van der Waals surface area contributed by atoms with E-state index in [2.05, 4.69) is 24.3 Å². The van der Waals surface area contributed by atoms with Gasteiger partial charge in [-0.2, -0.15) is 0 Å². The molecule has 106 valence electrons.